The highest BCUT2D eigenvalue weighted by molar-refractivity contribution is 7.88. The Morgan fingerprint density at radius 3 is 2.74 bits per heavy atom. The monoisotopic (exact) mass is 290 g/mol. The van der Waals surface area contributed by atoms with E-state index in [0.29, 0.717) is 31.8 Å². The first-order valence-electron chi connectivity index (χ1n) is 5.95. The summed E-state index contributed by atoms with van der Waals surface area (Å²) in [5.41, 5.74) is 0.430. The largest absolute Gasteiger partial charge is 0.383 e. The molecule has 1 rings (SSSR count). The van der Waals surface area contributed by atoms with Crippen molar-refractivity contribution in [3.63, 3.8) is 0 Å². The zero-order chi connectivity index (χ0) is 14.1. The first-order valence-corrected chi connectivity index (χ1v) is 7.60. The highest BCUT2D eigenvalue weighted by Gasteiger charge is 2.10. The average Bonchev–Trinajstić information content (AvgIpc) is 2.33. The lowest BCUT2D eigenvalue weighted by Crippen LogP contribution is -2.33. The van der Waals surface area contributed by atoms with Crippen LogP contribution >= 0.6 is 0 Å². The van der Waals surface area contributed by atoms with Crippen molar-refractivity contribution in [1.82, 2.24) is 10.0 Å². The molecule has 0 saturated heterocycles. The molecule has 108 valence electrons. The first-order chi connectivity index (χ1) is 9.03. The van der Waals surface area contributed by atoms with Crippen LogP contribution in [-0.2, 0) is 20.5 Å². The summed E-state index contributed by atoms with van der Waals surface area (Å²) in [4.78, 5) is 0. The number of rotatable bonds is 9. The summed E-state index contributed by atoms with van der Waals surface area (Å²) < 4.78 is 43.7. The maximum absolute atomic E-state index is 12.9. The second-order valence-corrected chi connectivity index (χ2v) is 5.83. The topological polar surface area (TPSA) is 67.4 Å². The number of nitrogens with one attached hydrogen (secondary N) is 2. The molecule has 0 spiro atoms. The smallest absolute Gasteiger partial charge is 0.215 e. The average molecular weight is 290 g/mol. The normalized spacial score (nSPS) is 11.7. The van der Waals surface area contributed by atoms with Gasteiger partial charge in [0.05, 0.1) is 12.4 Å². The quantitative estimate of drug-likeness (QED) is 0.649. The Labute approximate surface area is 113 Å². The second-order valence-electron chi connectivity index (χ2n) is 4.03. The highest BCUT2D eigenvalue weighted by atomic mass is 32.2. The molecule has 0 unspecified atom stereocenters. The number of halogens is 1. The van der Waals surface area contributed by atoms with Gasteiger partial charge in [0, 0.05) is 26.7 Å². The van der Waals surface area contributed by atoms with Crippen molar-refractivity contribution < 1.29 is 17.5 Å². The summed E-state index contributed by atoms with van der Waals surface area (Å²) in [6, 6.07) is 5.57. The van der Waals surface area contributed by atoms with Crippen molar-refractivity contribution in [2.75, 3.05) is 33.4 Å². The minimum Gasteiger partial charge on any atom is -0.383 e. The van der Waals surface area contributed by atoms with E-state index in [1.54, 1.807) is 13.2 Å². The van der Waals surface area contributed by atoms with Gasteiger partial charge in [0.1, 0.15) is 5.82 Å². The SMILES string of the molecule is COCCNCCNS(=O)(=O)Cc1cccc(F)c1. The van der Waals surface area contributed by atoms with Crippen LogP contribution in [0.25, 0.3) is 0 Å². The fourth-order valence-electron chi connectivity index (χ4n) is 1.49. The summed E-state index contributed by atoms with van der Waals surface area (Å²) >= 11 is 0. The van der Waals surface area contributed by atoms with Gasteiger partial charge < -0.3 is 10.1 Å². The lowest BCUT2D eigenvalue weighted by atomic mass is 10.2. The van der Waals surface area contributed by atoms with Crippen LogP contribution in [-0.4, -0.2) is 41.8 Å². The fraction of sp³-hybridized carbons (Fsp3) is 0.500. The van der Waals surface area contributed by atoms with Crippen LogP contribution in [0.5, 0.6) is 0 Å². The number of hydrogen-bond donors (Lipinski definition) is 2. The third kappa shape index (κ3) is 7.22. The van der Waals surface area contributed by atoms with Gasteiger partial charge in [-0.25, -0.2) is 17.5 Å². The molecule has 0 aliphatic rings. The Hall–Kier alpha value is -1.02. The third-order valence-electron chi connectivity index (χ3n) is 2.35. The molecule has 0 aliphatic carbocycles. The Bertz CT molecular complexity index is 480. The molecule has 0 fully saturated rings. The molecule has 0 aliphatic heterocycles. The number of ether oxygens (including phenoxy) is 1. The van der Waals surface area contributed by atoms with Crippen LogP contribution in [0, 0.1) is 5.82 Å². The van der Waals surface area contributed by atoms with E-state index < -0.39 is 15.8 Å². The molecule has 0 saturated carbocycles. The Morgan fingerprint density at radius 2 is 2.05 bits per heavy atom. The molecule has 5 nitrogen and oxygen atoms in total. The molecule has 1 aromatic carbocycles. The Morgan fingerprint density at radius 1 is 1.26 bits per heavy atom. The van der Waals surface area contributed by atoms with E-state index in [-0.39, 0.29) is 5.75 Å². The highest BCUT2D eigenvalue weighted by Crippen LogP contribution is 2.06. The molecule has 0 heterocycles. The van der Waals surface area contributed by atoms with Gasteiger partial charge in [0.25, 0.3) is 0 Å². The number of sulfonamides is 1. The first kappa shape index (κ1) is 16.0. The predicted molar refractivity (Wildman–Crippen MR) is 71.8 cm³/mol. The molecule has 1 aromatic rings. The van der Waals surface area contributed by atoms with Gasteiger partial charge in [0.15, 0.2) is 0 Å². The fourth-order valence-corrected chi connectivity index (χ4v) is 2.62. The molecule has 0 bridgehead atoms. The van der Waals surface area contributed by atoms with Crippen LogP contribution in [0.1, 0.15) is 5.56 Å². The van der Waals surface area contributed by atoms with E-state index in [1.165, 1.54) is 18.2 Å². The molecule has 7 heteroatoms. The van der Waals surface area contributed by atoms with E-state index in [0.717, 1.165) is 0 Å². The van der Waals surface area contributed by atoms with Crippen LogP contribution in [0.15, 0.2) is 24.3 Å². The summed E-state index contributed by atoms with van der Waals surface area (Å²) in [7, 11) is -1.83. The van der Waals surface area contributed by atoms with Gasteiger partial charge in [-0.3, -0.25) is 0 Å². The molecule has 0 radical (unpaired) electrons. The maximum Gasteiger partial charge on any atom is 0.215 e. The zero-order valence-electron chi connectivity index (χ0n) is 10.9. The third-order valence-corrected chi connectivity index (χ3v) is 3.71. The van der Waals surface area contributed by atoms with Gasteiger partial charge in [-0.15, -0.1) is 0 Å². The zero-order valence-corrected chi connectivity index (χ0v) is 11.7. The van der Waals surface area contributed by atoms with Gasteiger partial charge in [-0.2, -0.15) is 0 Å². The van der Waals surface area contributed by atoms with Crippen molar-refractivity contribution in [2.45, 2.75) is 5.75 Å². The predicted octanol–water partition coefficient (Wildman–Crippen LogP) is 0.481. The van der Waals surface area contributed by atoms with Crippen molar-refractivity contribution in [2.24, 2.45) is 0 Å². The number of benzene rings is 1. The van der Waals surface area contributed by atoms with Crippen molar-refractivity contribution >= 4 is 10.0 Å². The molecule has 0 amide bonds. The van der Waals surface area contributed by atoms with E-state index in [9.17, 15) is 12.8 Å². The number of methoxy groups -OCH3 is 1. The van der Waals surface area contributed by atoms with Gasteiger partial charge in [-0.05, 0) is 17.7 Å². The second kappa shape index (κ2) is 8.21. The maximum atomic E-state index is 12.9. The summed E-state index contributed by atoms with van der Waals surface area (Å²) in [5, 5.41) is 3.02. The van der Waals surface area contributed by atoms with Crippen LogP contribution in [0.3, 0.4) is 0 Å². The van der Waals surface area contributed by atoms with E-state index in [2.05, 4.69) is 10.0 Å². The van der Waals surface area contributed by atoms with Gasteiger partial charge in [-0.1, -0.05) is 12.1 Å². The van der Waals surface area contributed by atoms with E-state index in [1.807, 2.05) is 0 Å². The van der Waals surface area contributed by atoms with Crippen LogP contribution in [0.4, 0.5) is 4.39 Å². The lowest BCUT2D eigenvalue weighted by molar-refractivity contribution is 0.199. The summed E-state index contributed by atoms with van der Waals surface area (Å²) in [6.07, 6.45) is 0. The molecule has 0 atom stereocenters. The van der Waals surface area contributed by atoms with Crippen molar-refractivity contribution in [3.05, 3.63) is 35.6 Å². The Kier molecular flexibility index (Phi) is 6.93. The molecular weight excluding hydrogens is 271 g/mol. The minimum absolute atomic E-state index is 0.219. The summed E-state index contributed by atoms with van der Waals surface area (Å²) in [6.45, 7) is 2.06. The molecule has 19 heavy (non-hydrogen) atoms. The van der Waals surface area contributed by atoms with E-state index in [4.69, 9.17) is 4.74 Å². The lowest BCUT2D eigenvalue weighted by Gasteiger charge is -2.08. The summed E-state index contributed by atoms with van der Waals surface area (Å²) in [5.74, 6) is -0.656. The van der Waals surface area contributed by atoms with Gasteiger partial charge in [0.2, 0.25) is 10.0 Å². The standard InChI is InChI=1S/C12H19FN2O3S/c1-18-8-7-14-5-6-15-19(16,17)10-11-3-2-4-12(13)9-11/h2-4,9,14-15H,5-8,10H2,1H3. The van der Waals surface area contributed by atoms with E-state index >= 15 is 0 Å². The van der Waals surface area contributed by atoms with Crippen molar-refractivity contribution in [3.8, 4) is 0 Å². The molecule has 0 aromatic heterocycles. The van der Waals surface area contributed by atoms with Gasteiger partial charge >= 0.3 is 0 Å². The van der Waals surface area contributed by atoms with Crippen LogP contribution < -0.4 is 10.0 Å². The van der Waals surface area contributed by atoms with Crippen molar-refractivity contribution in [1.29, 1.82) is 0 Å². The Balaban J connectivity index is 2.32. The number of hydrogen-bond acceptors (Lipinski definition) is 4. The molecule has 2 N–H and O–H groups in total. The van der Waals surface area contributed by atoms with Crippen LogP contribution in [0.2, 0.25) is 0 Å². The minimum atomic E-state index is -3.43. The molecular formula is C12H19FN2O3S.